The maximum absolute atomic E-state index is 12.9. The summed E-state index contributed by atoms with van der Waals surface area (Å²) >= 11 is 0. The van der Waals surface area contributed by atoms with Gasteiger partial charge in [0.05, 0.1) is 0 Å². The first-order chi connectivity index (χ1) is 40.0. The van der Waals surface area contributed by atoms with Crippen LogP contribution in [0.1, 0.15) is 316 Å². The van der Waals surface area contributed by atoms with Crippen LogP contribution in [0.15, 0.2) is 122 Å². The van der Waals surface area contributed by atoms with E-state index in [2.05, 4.69) is 142 Å². The van der Waals surface area contributed by atoms with Gasteiger partial charge < -0.3 is 14.2 Å². The fourth-order valence-electron chi connectivity index (χ4n) is 9.33. The number of hydrogen-bond acceptors (Lipinski definition) is 6. The summed E-state index contributed by atoms with van der Waals surface area (Å²) in [7, 11) is 0. The first-order valence-corrected chi connectivity index (χ1v) is 34.0. The number of carbonyl (C=O) groups is 3. The third-order valence-corrected chi connectivity index (χ3v) is 14.4. The van der Waals surface area contributed by atoms with Crippen molar-refractivity contribution in [2.24, 2.45) is 0 Å². The molecule has 462 valence electrons. The molecule has 1 atom stereocenters. The number of ether oxygens (including phenoxy) is 3. The average molecular weight is 1120 g/mol. The van der Waals surface area contributed by atoms with Gasteiger partial charge in [-0.1, -0.05) is 284 Å². The summed E-state index contributed by atoms with van der Waals surface area (Å²) < 4.78 is 16.9. The summed E-state index contributed by atoms with van der Waals surface area (Å²) in [6.45, 7) is 6.51. The Hall–Kier alpha value is -4.19. The topological polar surface area (TPSA) is 78.9 Å². The summed E-state index contributed by atoms with van der Waals surface area (Å²) in [6, 6.07) is 0. The molecule has 0 aromatic heterocycles. The summed E-state index contributed by atoms with van der Waals surface area (Å²) in [6.07, 6.45) is 95.0. The first-order valence-electron chi connectivity index (χ1n) is 34.0. The Kier molecular flexibility index (Phi) is 64.8. The molecule has 0 aromatic carbocycles. The molecule has 0 bridgehead atoms. The highest BCUT2D eigenvalue weighted by Gasteiger charge is 2.19. The Morgan fingerprint density at radius 1 is 0.259 bits per heavy atom. The van der Waals surface area contributed by atoms with Crippen molar-refractivity contribution >= 4 is 17.9 Å². The zero-order valence-electron chi connectivity index (χ0n) is 53.0. The van der Waals surface area contributed by atoms with E-state index in [4.69, 9.17) is 14.2 Å². The van der Waals surface area contributed by atoms with E-state index in [0.29, 0.717) is 19.3 Å². The zero-order valence-corrected chi connectivity index (χ0v) is 53.0. The molecule has 0 heterocycles. The van der Waals surface area contributed by atoms with Crippen molar-refractivity contribution in [3.05, 3.63) is 122 Å². The molecule has 0 fully saturated rings. The van der Waals surface area contributed by atoms with E-state index in [0.717, 1.165) is 128 Å². The minimum Gasteiger partial charge on any atom is -0.462 e. The third kappa shape index (κ3) is 66.5. The van der Waals surface area contributed by atoms with E-state index in [1.165, 1.54) is 148 Å². The van der Waals surface area contributed by atoms with Gasteiger partial charge in [0.2, 0.25) is 0 Å². The Balaban J connectivity index is 4.22. The number of rotatable bonds is 61. The Morgan fingerprint density at radius 2 is 0.481 bits per heavy atom. The van der Waals surface area contributed by atoms with Crippen molar-refractivity contribution in [3.8, 4) is 0 Å². The normalized spacial score (nSPS) is 12.9. The third-order valence-electron chi connectivity index (χ3n) is 14.4. The summed E-state index contributed by atoms with van der Waals surface area (Å²) in [5.41, 5.74) is 0. The maximum Gasteiger partial charge on any atom is 0.306 e. The van der Waals surface area contributed by atoms with E-state index in [1.807, 2.05) is 0 Å². The van der Waals surface area contributed by atoms with Gasteiger partial charge in [0.15, 0.2) is 6.10 Å². The van der Waals surface area contributed by atoms with Gasteiger partial charge in [-0.2, -0.15) is 0 Å². The molecule has 0 saturated carbocycles. The van der Waals surface area contributed by atoms with Crippen molar-refractivity contribution in [1.82, 2.24) is 0 Å². The average Bonchev–Trinajstić information content (AvgIpc) is 3.47. The highest BCUT2D eigenvalue weighted by molar-refractivity contribution is 5.71. The molecule has 0 aliphatic heterocycles. The van der Waals surface area contributed by atoms with Gasteiger partial charge in [-0.3, -0.25) is 14.4 Å². The van der Waals surface area contributed by atoms with Crippen LogP contribution in [0.2, 0.25) is 0 Å². The second-order valence-corrected chi connectivity index (χ2v) is 22.3. The molecule has 0 aliphatic rings. The standard InChI is InChI=1S/C75H126O6/c1-4-7-10-13-16-19-22-25-28-29-30-31-32-33-34-35-36-37-38-39-40-41-42-43-44-45-46-47-48-51-53-56-59-62-65-68-74(77)80-71-72(81-75(78)69-66-63-60-57-54-50-27-24-21-18-15-12-9-6-3)70-79-73(76)67-64-61-58-55-52-49-26-23-20-17-14-11-8-5-2/h7,10,16,19,23-28,30-31,33-34,36-37,39-40,42-43,72H,4-6,8-9,11-15,17-18,20-22,29,32,35,38,41,44-71H2,1-3H3/b10-7-,19-16-,26-23-,27-24-,28-25-,31-30-,34-33-,37-36-,40-39-,43-42-. The molecular formula is C75H126O6. The Morgan fingerprint density at radius 3 is 0.765 bits per heavy atom. The molecule has 0 saturated heterocycles. The van der Waals surface area contributed by atoms with E-state index >= 15 is 0 Å². The monoisotopic (exact) mass is 1120 g/mol. The number of allylic oxidation sites excluding steroid dienone is 20. The number of hydrogen-bond donors (Lipinski definition) is 0. The number of unbranched alkanes of at least 4 members (excludes halogenated alkanes) is 30. The zero-order chi connectivity index (χ0) is 58.5. The molecule has 0 amide bonds. The predicted molar refractivity (Wildman–Crippen MR) is 353 cm³/mol. The van der Waals surface area contributed by atoms with Crippen LogP contribution >= 0.6 is 0 Å². The minimum absolute atomic E-state index is 0.0860. The van der Waals surface area contributed by atoms with E-state index in [9.17, 15) is 14.4 Å². The van der Waals surface area contributed by atoms with Crippen LogP contribution in [-0.2, 0) is 28.6 Å². The Labute approximate surface area is 501 Å². The lowest BCUT2D eigenvalue weighted by molar-refractivity contribution is -0.167. The van der Waals surface area contributed by atoms with Crippen molar-refractivity contribution < 1.29 is 28.6 Å². The molecule has 0 rings (SSSR count). The van der Waals surface area contributed by atoms with Gasteiger partial charge in [-0.05, 0) is 135 Å². The van der Waals surface area contributed by atoms with Crippen LogP contribution in [0.5, 0.6) is 0 Å². The SMILES string of the molecule is CC/C=C\C/C=C\C/C=C\C/C=C\C/C=C\C/C=C\C/C=C\C/C=C\CCCCCCCCCCCCC(=O)OCC(COC(=O)CCCCCCC/C=C\CCCCCCC)OC(=O)CCCCCCC/C=C\CCCCCCC. The first kappa shape index (κ1) is 76.8. The van der Waals surface area contributed by atoms with Crippen molar-refractivity contribution in [2.45, 2.75) is 322 Å². The van der Waals surface area contributed by atoms with E-state index < -0.39 is 6.10 Å². The fraction of sp³-hybridized carbons (Fsp3) is 0.693. The van der Waals surface area contributed by atoms with Gasteiger partial charge in [0.25, 0.3) is 0 Å². The minimum atomic E-state index is -0.789. The van der Waals surface area contributed by atoms with Crippen LogP contribution in [-0.4, -0.2) is 37.2 Å². The van der Waals surface area contributed by atoms with Gasteiger partial charge in [-0.15, -0.1) is 0 Å². The highest BCUT2D eigenvalue weighted by Crippen LogP contribution is 2.16. The molecular weight excluding hydrogens is 997 g/mol. The van der Waals surface area contributed by atoms with Gasteiger partial charge in [-0.25, -0.2) is 0 Å². The lowest BCUT2D eigenvalue weighted by Gasteiger charge is -2.18. The smallest absolute Gasteiger partial charge is 0.306 e. The van der Waals surface area contributed by atoms with E-state index in [1.54, 1.807) is 0 Å². The van der Waals surface area contributed by atoms with Crippen LogP contribution in [0, 0.1) is 0 Å². The predicted octanol–water partition coefficient (Wildman–Crippen LogP) is 23.6. The quantitative estimate of drug-likeness (QED) is 0.0261. The largest absolute Gasteiger partial charge is 0.462 e. The van der Waals surface area contributed by atoms with E-state index in [-0.39, 0.29) is 31.1 Å². The van der Waals surface area contributed by atoms with Crippen LogP contribution in [0.3, 0.4) is 0 Å². The van der Waals surface area contributed by atoms with Crippen molar-refractivity contribution in [3.63, 3.8) is 0 Å². The molecule has 1 unspecified atom stereocenters. The summed E-state index contributed by atoms with van der Waals surface area (Å²) in [4.78, 5) is 38.3. The van der Waals surface area contributed by atoms with Crippen molar-refractivity contribution in [1.29, 1.82) is 0 Å². The number of carbonyl (C=O) groups excluding carboxylic acids is 3. The highest BCUT2D eigenvalue weighted by atomic mass is 16.6. The van der Waals surface area contributed by atoms with Gasteiger partial charge in [0.1, 0.15) is 13.2 Å². The second-order valence-electron chi connectivity index (χ2n) is 22.3. The van der Waals surface area contributed by atoms with Crippen molar-refractivity contribution in [2.75, 3.05) is 13.2 Å². The molecule has 0 aromatic rings. The molecule has 81 heavy (non-hydrogen) atoms. The van der Waals surface area contributed by atoms with Crippen LogP contribution in [0.4, 0.5) is 0 Å². The lowest BCUT2D eigenvalue weighted by atomic mass is 10.1. The molecule has 0 aliphatic carbocycles. The van der Waals surface area contributed by atoms with Gasteiger partial charge in [0, 0.05) is 19.3 Å². The number of esters is 3. The molecule has 6 nitrogen and oxygen atoms in total. The van der Waals surface area contributed by atoms with Crippen LogP contribution in [0.25, 0.3) is 0 Å². The van der Waals surface area contributed by atoms with Crippen LogP contribution < -0.4 is 0 Å². The molecule has 0 spiro atoms. The molecule has 6 heteroatoms. The fourth-order valence-corrected chi connectivity index (χ4v) is 9.33. The maximum atomic E-state index is 12.9. The van der Waals surface area contributed by atoms with Gasteiger partial charge >= 0.3 is 17.9 Å². The molecule has 0 radical (unpaired) electrons. The second kappa shape index (κ2) is 68.3. The summed E-state index contributed by atoms with van der Waals surface area (Å²) in [5.74, 6) is -0.899. The lowest BCUT2D eigenvalue weighted by Crippen LogP contribution is -2.30. The Bertz CT molecular complexity index is 1670. The summed E-state index contributed by atoms with van der Waals surface area (Å²) in [5, 5.41) is 0. The molecule has 0 N–H and O–H groups in total.